The van der Waals surface area contributed by atoms with Gasteiger partial charge in [0.2, 0.25) is 0 Å². The maximum Gasteiger partial charge on any atom is 0.259 e. The van der Waals surface area contributed by atoms with Gasteiger partial charge in [-0.3, -0.25) is 4.79 Å². The third-order valence-electron chi connectivity index (χ3n) is 4.42. The molecule has 0 atom stereocenters. The van der Waals surface area contributed by atoms with E-state index in [4.69, 9.17) is 0 Å². The molecule has 4 nitrogen and oxygen atoms in total. The number of aromatic amines is 1. The Kier molecular flexibility index (Phi) is 3.97. The molecule has 1 aliphatic rings. The molecule has 4 rings (SSSR count). The van der Waals surface area contributed by atoms with Crippen LogP contribution in [0, 0.1) is 0 Å². The summed E-state index contributed by atoms with van der Waals surface area (Å²) in [6, 6.07) is 12.6. The van der Waals surface area contributed by atoms with E-state index in [0.29, 0.717) is 18.0 Å². The van der Waals surface area contributed by atoms with E-state index in [1.54, 1.807) is 11.3 Å². The van der Waals surface area contributed by atoms with Crippen molar-refractivity contribution < 1.29 is 0 Å². The van der Waals surface area contributed by atoms with Crippen LogP contribution in [0.3, 0.4) is 0 Å². The standard InChI is InChI=1S/C18H19N3OS/c22-17-14-10-15(12-6-2-1-3-7-12)23-18(14)21-16(20-17)11-19-13-8-4-5-9-13/h1-3,6-7,10,13,19H,4-5,8-9,11H2,(H,20,21,22). The quantitative estimate of drug-likeness (QED) is 0.769. The Bertz CT molecular complexity index is 863. The van der Waals surface area contributed by atoms with Gasteiger partial charge in [-0.25, -0.2) is 4.98 Å². The van der Waals surface area contributed by atoms with Gasteiger partial charge in [0.05, 0.1) is 11.9 Å². The summed E-state index contributed by atoms with van der Waals surface area (Å²) in [5.74, 6) is 0.732. The number of benzene rings is 1. The molecule has 23 heavy (non-hydrogen) atoms. The first-order valence-corrected chi connectivity index (χ1v) is 8.93. The Morgan fingerprint density at radius 2 is 2.00 bits per heavy atom. The first kappa shape index (κ1) is 14.6. The monoisotopic (exact) mass is 325 g/mol. The van der Waals surface area contributed by atoms with E-state index in [-0.39, 0.29) is 5.56 Å². The van der Waals surface area contributed by atoms with E-state index in [1.807, 2.05) is 24.3 Å². The molecule has 2 aromatic heterocycles. The fourth-order valence-corrected chi connectivity index (χ4v) is 4.23. The van der Waals surface area contributed by atoms with E-state index in [9.17, 15) is 4.79 Å². The number of aromatic nitrogens is 2. The summed E-state index contributed by atoms with van der Waals surface area (Å²) in [5.41, 5.74) is 1.08. The second kappa shape index (κ2) is 6.26. The molecule has 1 aliphatic carbocycles. The molecule has 0 amide bonds. The lowest BCUT2D eigenvalue weighted by Gasteiger charge is -2.10. The van der Waals surface area contributed by atoms with Gasteiger partial charge in [0.1, 0.15) is 10.7 Å². The van der Waals surface area contributed by atoms with Crippen molar-refractivity contribution in [1.82, 2.24) is 15.3 Å². The van der Waals surface area contributed by atoms with Crippen molar-refractivity contribution in [3.8, 4) is 10.4 Å². The lowest BCUT2D eigenvalue weighted by Crippen LogP contribution is -2.27. The molecular weight excluding hydrogens is 306 g/mol. The summed E-state index contributed by atoms with van der Waals surface area (Å²) in [4.78, 5) is 21.8. The topological polar surface area (TPSA) is 57.8 Å². The Balaban J connectivity index is 1.63. The zero-order valence-corrected chi connectivity index (χ0v) is 13.7. The van der Waals surface area contributed by atoms with Crippen molar-refractivity contribution in [2.45, 2.75) is 38.3 Å². The summed E-state index contributed by atoms with van der Waals surface area (Å²) in [7, 11) is 0. The van der Waals surface area contributed by atoms with Crippen LogP contribution in [0.4, 0.5) is 0 Å². The van der Waals surface area contributed by atoms with Gasteiger partial charge in [0, 0.05) is 10.9 Å². The van der Waals surface area contributed by atoms with Crippen LogP contribution in [0.15, 0.2) is 41.2 Å². The summed E-state index contributed by atoms with van der Waals surface area (Å²) in [6.07, 6.45) is 5.05. The molecule has 118 valence electrons. The average Bonchev–Trinajstić information content (AvgIpc) is 3.23. The smallest absolute Gasteiger partial charge is 0.259 e. The predicted molar refractivity (Wildman–Crippen MR) is 94.8 cm³/mol. The lowest BCUT2D eigenvalue weighted by atomic mass is 10.2. The molecule has 0 saturated heterocycles. The lowest BCUT2D eigenvalue weighted by molar-refractivity contribution is 0.514. The number of hydrogen-bond donors (Lipinski definition) is 2. The SMILES string of the molecule is O=c1[nH]c(CNC2CCCC2)nc2sc(-c3ccccc3)cc12. The molecule has 2 heterocycles. The molecule has 2 N–H and O–H groups in total. The van der Waals surface area contributed by atoms with Gasteiger partial charge in [-0.1, -0.05) is 43.2 Å². The van der Waals surface area contributed by atoms with Gasteiger partial charge in [-0.2, -0.15) is 0 Å². The largest absolute Gasteiger partial charge is 0.309 e. The Hall–Kier alpha value is -1.98. The Morgan fingerprint density at radius 3 is 2.78 bits per heavy atom. The average molecular weight is 325 g/mol. The number of H-pyrrole nitrogens is 1. The van der Waals surface area contributed by atoms with Gasteiger partial charge in [0.25, 0.3) is 5.56 Å². The minimum atomic E-state index is -0.0448. The highest BCUT2D eigenvalue weighted by atomic mass is 32.1. The molecular formula is C18H19N3OS. The van der Waals surface area contributed by atoms with Gasteiger partial charge >= 0.3 is 0 Å². The first-order valence-electron chi connectivity index (χ1n) is 8.11. The van der Waals surface area contributed by atoms with Crippen molar-refractivity contribution in [3.63, 3.8) is 0 Å². The molecule has 0 bridgehead atoms. The van der Waals surface area contributed by atoms with Gasteiger partial charge in [-0.15, -0.1) is 11.3 Å². The van der Waals surface area contributed by atoms with Crippen molar-refractivity contribution >= 4 is 21.6 Å². The van der Waals surface area contributed by atoms with Gasteiger partial charge in [-0.05, 0) is 24.5 Å². The molecule has 0 spiro atoms. The van der Waals surface area contributed by atoms with Crippen molar-refractivity contribution in [2.24, 2.45) is 0 Å². The number of nitrogens with zero attached hydrogens (tertiary/aromatic N) is 1. The molecule has 0 unspecified atom stereocenters. The molecule has 5 heteroatoms. The van der Waals surface area contributed by atoms with Crippen molar-refractivity contribution in [1.29, 1.82) is 0 Å². The molecule has 0 radical (unpaired) electrons. The van der Waals surface area contributed by atoms with Crippen molar-refractivity contribution in [2.75, 3.05) is 0 Å². The predicted octanol–water partition coefficient (Wildman–Crippen LogP) is 3.68. The third-order valence-corrected chi connectivity index (χ3v) is 5.50. The summed E-state index contributed by atoms with van der Waals surface area (Å²) < 4.78 is 0. The molecule has 1 fully saturated rings. The van der Waals surface area contributed by atoms with Crippen LogP contribution in [-0.2, 0) is 6.54 Å². The highest BCUT2D eigenvalue weighted by Gasteiger charge is 2.15. The fraction of sp³-hybridized carbons (Fsp3) is 0.333. The van der Waals surface area contributed by atoms with Crippen LogP contribution in [0.1, 0.15) is 31.5 Å². The summed E-state index contributed by atoms with van der Waals surface area (Å²) >= 11 is 1.58. The second-order valence-corrected chi connectivity index (χ2v) is 7.10. The van der Waals surface area contributed by atoms with Crippen LogP contribution in [0.5, 0.6) is 0 Å². The minimum absolute atomic E-state index is 0.0448. The van der Waals surface area contributed by atoms with Crippen LogP contribution in [0.25, 0.3) is 20.7 Å². The first-order chi connectivity index (χ1) is 11.3. The molecule has 1 saturated carbocycles. The minimum Gasteiger partial charge on any atom is -0.309 e. The zero-order chi connectivity index (χ0) is 15.6. The van der Waals surface area contributed by atoms with Crippen LogP contribution in [-0.4, -0.2) is 16.0 Å². The molecule has 0 aliphatic heterocycles. The number of fused-ring (bicyclic) bond motifs is 1. The number of hydrogen-bond acceptors (Lipinski definition) is 4. The van der Waals surface area contributed by atoms with E-state index < -0.39 is 0 Å². The second-order valence-electron chi connectivity index (χ2n) is 6.07. The van der Waals surface area contributed by atoms with E-state index in [0.717, 1.165) is 21.1 Å². The van der Waals surface area contributed by atoms with Crippen LogP contribution < -0.4 is 10.9 Å². The van der Waals surface area contributed by atoms with Gasteiger partial charge in [0.15, 0.2) is 0 Å². The number of thiophene rings is 1. The molecule has 1 aromatic carbocycles. The van der Waals surface area contributed by atoms with E-state index in [1.165, 1.54) is 25.7 Å². The van der Waals surface area contributed by atoms with Gasteiger partial charge < -0.3 is 10.3 Å². The van der Waals surface area contributed by atoms with E-state index >= 15 is 0 Å². The van der Waals surface area contributed by atoms with Crippen LogP contribution in [0.2, 0.25) is 0 Å². The van der Waals surface area contributed by atoms with E-state index in [2.05, 4.69) is 27.4 Å². The van der Waals surface area contributed by atoms with Crippen LogP contribution >= 0.6 is 11.3 Å². The number of nitrogens with one attached hydrogen (secondary N) is 2. The molecule has 3 aromatic rings. The van der Waals surface area contributed by atoms with Crippen molar-refractivity contribution in [3.05, 3.63) is 52.6 Å². The number of rotatable bonds is 4. The third kappa shape index (κ3) is 3.07. The Morgan fingerprint density at radius 1 is 1.22 bits per heavy atom. The Labute approximate surface area is 138 Å². The fourth-order valence-electron chi connectivity index (χ4n) is 3.18. The zero-order valence-electron chi connectivity index (χ0n) is 12.8. The maximum absolute atomic E-state index is 12.3. The maximum atomic E-state index is 12.3. The normalized spacial score (nSPS) is 15.5. The summed E-state index contributed by atoms with van der Waals surface area (Å²) in [5, 5.41) is 4.18. The summed E-state index contributed by atoms with van der Waals surface area (Å²) in [6.45, 7) is 0.633. The highest BCUT2D eigenvalue weighted by molar-refractivity contribution is 7.21. The highest BCUT2D eigenvalue weighted by Crippen LogP contribution is 2.30.